The van der Waals surface area contributed by atoms with Crippen LogP contribution in [0.3, 0.4) is 0 Å². The summed E-state index contributed by atoms with van der Waals surface area (Å²) < 4.78 is 14.4. The van der Waals surface area contributed by atoms with Crippen molar-refractivity contribution in [3.05, 3.63) is 72.1 Å². The van der Waals surface area contributed by atoms with Gasteiger partial charge in [-0.25, -0.2) is 9.50 Å². The quantitative estimate of drug-likeness (QED) is 0.495. The highest BCUT2D eigenvalue weighted by molar-refractivity contribution is 7.84. The Morgan fingerprint density at radius 1 is 1.11 bits per heavy atom. The Balaban J connectivity index is 1.49. The Morgan fingerprint density at radius 2 is 1.89 bits per heavy atom. The van der Waals surface area contributed by atoms with Crippen molar-refractivity contribution in [1.29, 1.82) is 0 Å². The molecule has 0 radical (unpaired) electrons. The fourth-order valence-electron chi connectivity index (χ4n) is 2.78. The summed E-state index contributed by atoms with van der Waals surface area (Å²) in [6.45, 7) is 6.43. The van der Waals surface area contributed by atoms with E-state index in [1.54, 1.807) is 0 Å². The van der Waals surface area contributed by atoms with Crippen LogP contribution in [0.4, 0.5) is 10.8 Å². The molecule has 1 N–H and O–H groups in total. The molecule has 28 heavy (non-hydrogen) atoms. The van der Waals surface area contributed by atoms with Gasteiger partial charge in [-0.3, -0.25) is 4.21 Å². The van der Waals surface area contributed by atoms with E-state index >= 15 is 0 Å². The number of hydrogen-bond donors (Lipinski definition) is 1. The van der Waals surface area contributed by atoms with Crippen molar-refractivity contribution < 1.29 is 4.21 Å². The second-order valence-corrected chi connectivity index (χ2v) is 10.0. The maximum atomic E-state index is 12.5. The Hall–Kier alpha value is -2.51. The van der Waals surface area contributed by atoms with Crippen molar-refractivity contribution in [3.8, 4) is 0 Å². The molecule has 0 aliphatic carbocycles. The molecule has 2 heterocycles. The maximum Gasteiger partial charge on any atom is 0.214 e. The van der Waals surface area contributed by atoms with E-state index in [0.29, 0.717) is 5.75 Å². The van der Waals surface area contributed by atoms with Crippen LogP contribution in [0.25, 0.3) is 4.96 Å². The largest absolute Gasteiger partial charge is 0.330 e. The number of fused-ring (bicyclic) bond motifs is 1. The number of nitrogens with one attached hydrogen (secondary N) is 1. The molecular formula is C21H22N4OS2. The minimum absolute atomic E-state index is 0.00372. The van der Waals surface area contributed by atoms with Crippen molar-refractivity contribution in [2.24, 2.45) is 0 Å². The Kier molecular flexibility index (Phi) is 5.03. The SMILES string of the molecule is CC(C)(C)c1cn2nc(Nc3cccc(CS(=O)c4ccccc4)c3)sc2n1. The monoisotopic (exact) mass is 410 g/mol. The van der Waals surface area contributed by atoms with Gasteiger partial charge in [-0.1, -0.05) is 62.4 Å². The average molecular weight is 411 g/mol. The van der Waals surface area contributed by atoms with Gasteiger partial charge in [0.25, 0.3) is 0 Å². The van der Waals surface area contributed by atoms with E-state index < -0.39 is 10.8 Å². The van der Waals surface area contributed by atoms with E-state index in [9.17, 15) is 4.21 Å². The summed E-state index contributed by atoms with van der Waals surface area (Å²) in [5, 5.41) is 8.70. The van der Waals surface area contributed by atoms with Gasteiger partial charge < -0.3 is 5.32 Å². The van der Waals surface area contributed by atoms with Gasteiger partial charge in [0.1, 0.15) is 0 Å². The summed E-state index contributed by atoms with van der Waals surface area (Å²) in [5.41, 5.74) is 2.98. The first-order valence-corrected chi connectivity index (χ1v) is 11.2. The normalized spacial score (nSPS) is 13.0. The number of rotatable bonds is 5. The van der Waals surface area contributed by atoms with Gasteiger partial charge in [-0.05, 0) is 29.8 Å². The van der Waals surface area contributed by atoms with Crippen molar-refractivity contribution in [2.45, 2.75) is 36.8 Å². The molecule has 7 heteroatoms. The molecule has 2 aromatic heterocycles. The van der Waals surface area contributed by atoms with Crippen LogP contribution in [-0.2, 0) is 22.0 Å². The molecule has 1 atom stereocenters. The highest BCUT2D eigenvalue weighted by Gasteiger charge is 2.19. The predicted octanol–water partition coefficient (Wildman–Crippen LogP) is 5.14. The Bertz CT molecular complexity index is 1090. The third-order valence-electron chi connectivity index (χ3n) is 4.29. The average Bonchev–Trinajstić information content (AvgIpc) is 3.21. The summed E-state index contributed by atoms with van der Waals surface area (Å²) in [7, 11) is -1.06. The highest BCUT2D eigenvalue weighted by atomic mass is 32.2. The van der Waals surface area contributed by atoms with Gasteiger partial charge in [0.05, 0.1) is 28.4 Å². The molecule has 0 spiro atoms. The number of nitrogens with zero attached hydrogens (tertiary/aromatic N) is 3. The van der Waals surface area contributed by atoms with E-state index in [-0.39, 0.29) is 5.41 Å². The number of anilines is 2. The first-order valence-electron chi connectivity index (χ1n) is 9.04. The van der Waals surface area contributed by atoms with E-state index in [0.717, 1.165) is 31.9 Å². The summed E-state index contributed by atoms with van der Waals surface area (Å²) in [5.74, 6) is 0.482. The highest BCUT2D eigenvalue weighted by Crippen LogP contribution is 2.27. The molecule has 0 aliphatic heterocycles. The van der Waals surface area contributed by atoms with Crippen molar-refractivity contribution in [2.75, 3.05) is 5.32 Å². The van der Waals surface area contributed by atoms with Gasteiger partial charge in [0, 0.05) is 16.0 Å². The van der Waals surface area contributed by atoms with Crippen molar-refractivity contribution in [1.82, 2.24) is 14.6 Å². The van der Waals surface area contributed by atoms with Crippen LogP contribution < -0.4 is 5.32 Å². The zero-order chi connectivity index (χ0) is 19.7. The Morgan fingerprint density at radius 3 is 2.61 bits per heavy atom. The molecule has 0 aliphatic rings. The van der Waals surface area contributed by atoms with Crippen molar-refractivity contribution >= 4 is 37.9 Å². The molecule has 0 saturated heterocycles. The van der Waals surface area contributed by atoms with Gasteiger partial charge in [-0.2, -0.15) is 0 Å². The molecule has 0 saturated carbocycles. The lowest BCUT2D eigenvalue weighted by atomic mass is 9.93. The van der Waals surface area contributed by atoms with Crippen LogP contribution >= 0.6 is 11.3 Å². The molecule has 1 unspecified atom stereocenters. The molecule has 2 aromatic carbocycles. The van der Waals surface area contributed by atoms with Crippen LogP contribution in [0.5, 0.6) is 0 Å². The predicted molar refractivity (Wildman–Crippen MR) is 116 cm³/mol. The maximum absolute atomic E-state index is 12.5. The molecule has 0 fully saturated rings. The van der Waals surface area contributed by atoms with Gasteiger partial charge >= 0.3 is 0 Å². The molecular weight excluding hydrogens is 388 g/mol. The van der Waals surface area contributed by atoms with Crippen LogP contribution in [0.15, 0.2) is 65.7 Å². The van der Waals surface area contributed by atoms with Crippen molar-refractivity contribution in [3.63, 3.8) is 0 Å². The zero-order valence-electron chi connectivity index (χ0n) is 16.0. The van der Waals surface area contributed by atoms with E-state index in [2.05, 4.69) is 36.2 Å². The topological polar surface area (TPSA) is 59.3 Å². The molecule has 4 rings (SSSR count). The lowest BCUT2D eigenvalue weighted by Crippen LogP contribution is -2.11. The van der Waals surface area contributed by atoms with Crippen LogP contribution in [0, 0.1) is 0 Å². The lowest BCUT2D eigenvalue weighted by Gasteiger charge is -2.13. The molecule has 0 bridgehead atoms. The van der Waals surface area contributed by atoms with E-state index in [4.69, 9.17) is 0 Å². The summed E-state index contributed by atoms with van der Waals surface area (Å²) in [4.78, 5) is 6.39. The van der Waals surface area contributed by atoms with Gasteiger partial charge in [0.15, 0.2) is 0 Å². The fourth-order valence-corrected chi connectivity index (χ4v) is 4.69. The zero-order valence-corrected chi connectivity index (χ0v) is 17.7. The first kappa shape index (κ1) is 18.8. The summed E-state index contributed by atoms with van der Waals surface area (Å²) >= 11 is 1.52. The van der Waals surface area contributed by atoms with E-state index in [1.165, 1.54) is 11.3 Å². The summed E-state index contributed by atoms with van der Waals surface area (Å²) in [6, 6.07) is 17.5. The number of imidazole rings is 1. The van der Waals surface area contributed by atoms with E-state index in [1.807, 2.05) is 65.3 Å². The van der Waals surface area contributed by atoms with Gasteiger partial charge in [0.2, 0.25) is 10.1 Å². The van der Waals surface area contributed by atoms with Gasteiger partial charge in [-0.15, -0.1) is 5.10 Å². The molecule has 144 valence electrons. The lowest BCUT2D eigenvalue weighted by molar-refractivity contribution is 0.572. The molecule has 5 nitrogen and oxygen atoms in total. The molecule has 0 amide bonds. The molecule has 4 aromatic rings. The third kappa shape index (κ3) is 4.15. The number of aromatic nitrogens is 3. The number of hydrogen-bond acceptors (Lipinski definition) is 5. The minimum Gasteiger partial charge on any atom is -0.330 e. The second kappa shape index (κ2) is 7.48. The first-order chi connectivity index (χ1) is 13.4. The van der Waals surface area contributed by atoms with Crippen LogP contribution in [0.1, 0.15) is 32.0 Å². The summed E-state index contributed by atoms with van der Waals surface area (Å²) in [6.07, 6.45) is 1.98. The van der Waals surface area contributed by atoms with Crippen LogP contribution in [-0.4, -0.2) is 18.8 Å². The third-order valence-corrected chi connectivity index (χ3v) is 6.53. The number of benzene rings is 2. The smallest absolute Gasteiger partial charge is 0.214 e. The fraction of sp³-hybridized carbons (Fsp3) is 0.238. The second-order valence-electron chi connectivity index (χ2n) is 7.64. The standard InChI is InChI=1S/C21H22N4OS2/c1-21(2,3)18-13-25-20(23-18)27-19(24-25)22-16-9-7-8-15(12-16)14-28(26)17-10-5-4-6-11-17/h4-13H,14H2,1-3H3,(H,22,24). The Labute approximate surface area is 170 Å². The van der Waals surface area contributed by atoms with Crippen LogP contribution in [0.2, 0.25) is 0 Å². The minimum atomic E-state index is -1.06.